The van der Waals surface area contributed by atoms with E-state index >= 15 is 0 Å². The normalized spacial score (nSPS) is 20.1. The largest absolute Gasteiger partial charge is 0.469 e. The van der Waals surface area contributed by atoms with Gasteiger partial charge in [-0.05, 0) is 57.9 Å². The molecule has 0 amide bonds. The maximum absolute atomic E-state index is 13.2. The summed E-state index contributed by atoms with van der Waals surface area (Å²) in [6.07, 6.45) is -4.62. The van der Waals surface area contributed by atoms with Crippen molar-refractivity contribution in [2.45, 2.75) is 64.2 Å². The average molecular weight is 372 g/mol. The molecule has 1 saturated heterocycles. The maximum Gasteiger partial charge on any atom is 0.466 e. The van der Waals surface area contributed by atoms with Gasteiger partial charge in [0.05, 0.1) is 30.3 Å². The first-order valence-corrected chi connectivity index (χ1v) is 8.38. The molecule has 0 saturated carbocycles. The minimum atomic E-state index is -4.48. The highest BCUT2D eigenvalue weighted by Crippen LogP contribution is 2.43. The number of ether oxygens (including phenoxy) is 1. The fourth-order valence-electron chi connectivity index (χ4n) is 2.88. The molecule has 26 heavy (non-hydrogen) atoms. The Balaban J connectivity index is 2.48. The number of alkyl halides is 3. The molecule has 0 N–H and O–H groups in total. The van der Waals surface area contributed by atoms with Crippen molar-refractivity contribution in [3.63, 3.8) is 0 Å². The molecule has 1 aliphatic heterocycles. The molecule has 1 atom stereocenters. The van der Waals surface area contributed by atoms with Crippen molar-refractivity contribution < 1.29 is 32.0 Å². The topological polar surface area (TPSA) is 44.8 Å². The van der Waals surface area contributed by atoms with E-state index in [4.69, 9.17) is 14.0 Å². The Morgan fingerprint density at radius 3 is 2.19 bits per heavy atom. The summed E-state index contributed by atoms with van der Waals surface area (Å²) >= 11 is 0. The Kier molecular flexibility index (Phi) is 5.50. The summed E-state index contributed by atoms with van der Waals surface area (Å²) in [5.74, 6) is -1.26. The van der Waals surface area contributed by atoms with Crippen LogP contribution >= 0.6 is 0 Å². The number of esters is 1. The lowest BCUT2D eigenvalue weighted by molar-refractivity contribution is -0.140. The second-order valence-electron chi connectivity index (χ2n) is 7.58. The van der Waals surface area contributed by atoms with Gasteiger partial charge in [0.15, 0.2) is 0 Å². The molecule has 1 unspecified atom stereocenters. The van der Waals surface area contributed by atoms with Gasteiger partial charge in [-0.3, -0.25) is 4.79 Å². The lowest BCUT2D eigenvalue weighted by Crippen LogP contribution is -2.41. The molecular formula is C18H24BF3O4. The lowest BCUT2D eigenvalue weighted by Gasteiger charge is -2.32. The van der Waals surface area contributed by atoms with Gasteiger partial charge in [-0.2, -0.15) is 13.2 Å². The van der Waals surface area contributed by atoms with E-state index in [2.05, 4.69) is 0 Å². The zero-order valence-corrected chi connectivity index (χ0v) is 15.9. The van der Waals surface area contributed by atoms with Crippen LogP contribution in [0.5, 0.6) is 0 Å². The monoisotopic (exact) mass is 372 g/mol. The summed E-state index contributed by atoms with van der Waals surface area (Å²) in [6, 6.07) is 3.49. The van der Waals surface area contributed by atoms with Crippen molar-refractivity contribution in [3.8, 4) is 0 Å². The number of halogens is 3. The molecule has 0 spiro atoms. The summed E-state index contributed by atoms with van der Waals surface area (Å²) in [7, 11) is 0.379. The van der Waals surface area contributed by atoms with Gasteiger partial charge in [0.2, 0.25) is 0 Å². The Hall–Kier alpha value is -1.54. The Morgan fingerprint density at radius 1 is 1.19 bits per heavy atom. The number of carbonyl (C=O) groups is 1. The molecule has 1 aliphatic rings. The predicted molar refractivity (Wildman–Crippen MR) is 91.6 cm³/mol. The van der Waals surface area contributed by atoms with Gasteiger partial charge in [0, 0.05) is 5.82 Å². The number of methoxy groups -OCH3 is 1. The highest BCUT2D eigenvalue weighted by atomic mass is 19.4. The van der Waals surface area contributed by atoms with E-state index in [-0.39, 0.29) is 6.42 Å². The Labute approximate surface area is 152 Å². The number of aryl methyl sites for hydroxylation is 1. The third-order valence-corrected chi connectivity index (χ3v) is 5.22. The molecule has 4 nitrogen and oxygen atoms in total. The van der Waals surface area contributed by atoms with E-state index in [0.717, 1.165) is 12.1 Å². The molecule has 2 rings (SSSR count). The van der Waals surface area contributed by atoms with Crippen molar-refractivity contribution >= 4 is 13.1 Å². The molecule has 0 aliphatic carbocycles. The summed E-state index contributed by atoms with van der Waals surface area (Å²) in [4.78, 5) is 11.9. The van der Waals surface area contributed by atoms with Gasteiger partial charge in [0.25, 0.3) is 0 Å². The van der Waals surface area contributed by atoms with Gasteiger partial charge >= 0.3 is 19.3 Å². The van der Waals surface area contributed by atoms with Crippen molar-refractivity contribution in [1.82, 2.24) is 0 Å². The Morgan fingerprint density at radius 2 is 1.73 bits per heavy atom. The van der Waals surface area contributed by atoms with Crippen molar-refractivity contribution in [2.24, 2.45) is 0 Å². The second-order valence-corrected chi connectivity index (χ2v) is 7.58. The molecule has 144 valence electrons. The molecule has 8 heteroatoms. The van der Waals surface area contributed by atoms with Gasteiger partial charge in [-0.25, -0.2) is 0 Å². The van der Waals surface area contributed by atoms with E-state index in [1.807, 2.05) is 27.7 Å². The highest BCUT2D eigenvalue weighted by Gasteiger charge is 2.54. The van der Waals surface area contributed by atoms with E-state index in [9.17, 15) is 18.0 Å². The first-order chi connectivity index (χ1) is 11.8. The van der Waals surface area contributed by atoms with Crippen LogP contribution in [-0.2, 0) is 25.0 Å². The zero-order valence-electron chi connectivity index (χ0n) is 15.9. The Bertz CT molecular complexity index is 670. The minimum Gasteiger partial charge on any atom is -0.469 e. The first kappa shape index (κ1) is 20.8. The van der Waals surface area contributed by atoms with Crippen molar-refractivity contribution in [3.05, 3.63) is 34.9 Å². The fourth-order valence-corrected chi connectivity index (χ4v) is 2.88. The number of hydrogen-bond acceptors (Lipinski definition) is 4. The zero-order chi connectivity index (χ0) is 19.9. The van der Waals surface area contributed by atoms with Crippen molar-refractivity contribution in [1.29, 1.82) is 0 Å². The molecule has 0 aromatic heterocycles. The quantitative estimate of drug-likeness (QED) is 0.584. The fraction of sp³-hybridized carbons (Fsp3) is 0.611. The first-order valence-electron chi connectivity index (χ1n) is 8.38. The van der Waals surface area contributed by atoms with Gasteiger partial charge in [-0.1, -0.05) is 6.07 Å². The standard InChI is InChI=1S/C18H24BF3O4/c1-11-7-8-12(18(20,21)22)9-13(11)14(10-15(23)24-6)19-25-16(2,3)17(4,5)26-19/h7-9,14H,10H2,1-6H3. The minimum absolute atomic E-state index is 0.143. The second kappa shape index (κ2) is 6.89. The molecule has 1 fully saturated rings. The third kappa shape index (κ3) is 4.06. The molecule has 1 aromatic carbocycles. The maximum atomic E-state index is 13.2. The van der Waals surface area contributed by atoms with Crippen LogP contribution in [0, 0.1) is 6.92 Å². The van der Waals surface area contributed by atoms with E-state index in [1.165, 1.54) is 13.2 Å². The predicted octanol–water partition coefficient (Wildman–Crippen LogP) is 4.29. The highest BCUT2D eigenvalue weighted by molar-refractivity contribution is 6.48. The molecule has 1 aromatic rings. The number of benzene rings is 1. The van der Waals surface area contributed by atoms with Crippen LogP contribution in [0.15, 0.2) is 18.2 Å². The molecule has 0 radical (unpaired) electrons. The van der Waals surface area contributed by atoms with E-state index in [0.29, 0.717) is 11.1 Å². The van der Waals surface area contributed by atoms with Crippen LogP contribution in [0.3, 0.4) is 0 Å². The third-order valence-electron chi connectivity index (χ3n) is 5.22. The number of rotatable bonds is 4. The van der Waals surface area contributed by atoms with Gasteiger partial charge in [-0.15, -0.1) is 0 Å². The average Bonchev–Trinajstić information content (AvgIpc) is 2.72. The van der Waals surface area contributed by atoms with Crippen LogP contribution in [0.4, 0.5) is 13.2 Å². The smallest absolute Gasteiger partial charge is 0.466 e. The van der Waals surface area contributed by atoms with Crippen LogP contribution < -0.4 is 0 Å². The summed E-state index contributed by atoms with van der Waals surface area (Å²) in [5.41, 5.74) is -1.11. The van der Waals surface area contributed by atoms with Gasteiger partial charge < -0.3 is 14.0 Å². The summed E-state index contributed by atoms with van der Waals surface area (Å²) in [6.45, 7) is 9.09. The van der Waals surface area contributed by atoms with Crippen LogP contribution in [-0.4, -0.2) is 31.4 Å². The van der Waals surface area contributed by atoms with Crippen LogP contribution in [0.2, 0.25) is 0 Å². The van der Waals surface area contributed by atoms with Crippen LogP contribution in [0.1, 0.15) is 56.6 Å². The number of hydrogen-bond donors (Lipinski definition) is 0. The van der Waals surface area contributed by atoms with Gasteiger partial charge in [0.1, 0.15) is 0 Å². The SMILES string of the molecule is COC(=O)CC(B1OC(C)(C)C(C)(C)O1)c1cc(C(F)(F)F)ccc1C. The number of carbonyl (C=O) groups excluding carboxylic acids is 1. The van der Waals surface area contributed by atoms with Crippen molar-refractivity contribution in [2.75, 3.05) is 7.11 Å². The molecule has 1 heterocycles. The lowest BCUT2D eigenvalue weighted by atomic mass is 9.65. The molecular weight excluding hydrogens is 348 g/mol. The van der Waals surface area contributed by atoms with E-state index < -0.39 is 41.8 Å². The van der Waals surface area contributed by atoms with E-state index in [1.54, 1.807) is 6.92 Å². The molecule has 0 bridgehead atoms. The summed E-state index contributed by atoms with van der Waals surface area (Å²) < 4.78 is 56.2. The summed E-state index contributed by atoms with van der Waals surface area (Å²) in [5, 5.41) is 0. The van der Waals surface area contributed by atoms with Crippen LogP contribution in [0.25, 0.3) is 0 Å².